The molecule has 0 aliphatic carbocycles. The van der Waals surface area contributed by atoms with Crippen molar-refractivity contribution in [2.45, 2.75) is 72.4 Å². The Bertz CT molecular complexity index is 655. The van der Waals surface area contributed by atoms with E-state index in [1.807, 2.05) is 17.0 Å². The van der Waals surface area contributed by atoms with E-state index < -0.39 is 10.1 Å². The van der Waals surface area contributed by atoms with E-state index in [0.717, 1.165) is 43.9 Å². The van der Waals surface area contributed by atoms with E-state index in [1.165, 1.54) is 0 Å². The molecule has 0 aliphatic rings. The van der Waals surface area contributed by atoms with Crippen LogP contribution < -0.4 is 4.18 Å². The molecule has 0 aliphatic heterocycles. The zero-order valence-electron chi connectivity index (χ0n) is 16.7. The fourth-order valence-electron chi connectivity index (χ4n) is 2.88. The standard InChI is InChI=1S/C20H33NO4S/c1-6-9-10-18(8-3)20(22)21(16(4)7-2)15-17-11-13-19(14-12-17)25-26(5,23)24/h11-14,16,18H,6-10,15H2,1-5H3/t16-,18-/m0/s1. The summed E-state index contributed by atoms with van der Waals surface area (Å²) in [6, 6.07) is 7.05. The fourth-order valence-corrected chi connectivity index (χ4v) is 3.34. The molecule has 0 N–H and O–H groups in total. The Balaban J connectivity index is 2.92. The van der Waals surface area contributed by atoms with Crippen LogP contribution in [0.5, 0.6) is 5.75 Å². The van der Waals surface area contributed by atoms with E-state index in [4.69, 9.17) is 4.18 Å². The minimum absolute atomic E-state index is 0.0665. The second-order valence-electron chi connectivity index (χ2n) is 6.90. The van der Waals surface area contributed by atoms with Gasteiger partial charge in [0.2, 0.25) is 5.91 Å². The van der Waals surface area contributed by atoms with E-state index in [-0.39, 0.29) is 23.6 Å². The molecule has 0 unspecified atom stereocenters. The van der Waals surface area contributed by atoms with Crippen LogP contribution in [-0.4, -0.2) is 31.5 Å². The predicted octanol–water partition coefficient (Wildman–Crippen LogP) is 4.37. The molecule has 1 aromatic carbocycles. The molecular weight excluding hydrogens is 350 g/mol. The third-order valence-electron chi connectivity index (χ3n) is 4.68. The Morgan fingerprint density at radius 2 is 1.73 bits per heavy atom. The highest BCUT2D eigenvalue weighted by Crippen LogP contribution is 2.22. The summed E-state index contributed by atoms with van der Waals surface area (Å²) >= 11 is 0. The van der Waals surface area contributed by atoms with Crippen LogP contribution in [0.1, 0.15) is 65.4 Å². The molecule has 6 heteroatoms. The highest BCUT2D eigenvalue weighted by molar-refractivity contribution is 7.86. The van der Waals surface area contributed by atoms with Crippen LogP contribution in [0.2, 0.25) is 0 Å². The van der Waals surface area contributed by atoms with Gasteiger partial charge in [-0.15, -0.1) is 0 Å². The number of carbonyl (C=O) groups is 1. The third kappa shape index (κ3) is 7.36. The lowest BCUT2D eigenvalue weighted by atomic mass is 9.96. The topological polar surface area (TPSA) is 63.7 Å². The number of nitrogens with zero attached hydrogens (tertiary/aromatic N) is 1. The number of unbranched alkanes of at least 4 members (excludes halogenated alkanes) is 1. The minimum atomic E-state index is -3.53. The van der Waals surface area contributed by atoms with Gasteiger partial charge < -0.3 is 9.08 Å². The summed E-state index contributed by atoms with van der Waals surface area (Å²) in [6.07, 6.45) is 5.86. The van der Waals surface area contributed by atoms with Gasteiger partial charge in [0.25, 0.3) is 0 Å². The van der Waals surface area contributed by atoms with Gasteiger partial charge in [0.05, 0.1) is 6.26 Å². The van der Waals surface area contributed by atoms with E-state index in [9.17, 15) is 13.2 Å². The molecular formula is C20H33NO4S. The van der Waals surface area contributed by atoms with Crippen molar-refractivity contribution in [3.63, 3.8) is 0 Å². The normalized spacial score (nSPS) is 13.9. The van der Waals surface area contributed by atoms with Crippen molar-refractivity contribution in [2.24, 2.45) is 5.92 Å². The summed E-state index contributed by atoms with van der Waals surface area (Å²) in [6.45, 7) is 8.90. The lowest BCUT2D eigenvalue weighted by molar-refractivity contribution is -0.138. The van der Waals surface area contributed by atoms with Crippen LogP contribution in [0.25, 0.3) is 0 Å². The molecule has 0 saturated heterocycles. The van der Waals surface area contributed by atoms with Crippen LogP contribution in [0.3, 0.4) is 0 Å². The summed E-state index contributed by atoms with van der Waals surface area (Å²) < 4.78 is 27.3. The van der Waals surface area contributed by atoms with Gasteiger partial charge in [0.15, 0.2) is 0 Å². The van der Waals surface area contributed by atoms with Gasteiger partial charge in [0.1, 0.15) is 5.75 Å². The number of benzene rings is 1. The maximum absolute atomic E-state index is 13.1. The van der Waals surface area contributed by atoms with E-state index in [0.29, 0.717) is 6.54 Å². The molecule has 1 rings (SSSR count). The molecule has 1 aromatic rings. The SMILES string of the molecule is CCCC[C@H](CC)C(=O)N(Cc1ccc(OS(C)(=O)=O)cc1)[C@@H](C)CC. The second-order valence-corrected chi connectivity index (χ2v) is 8.48. The molecule has 0 saturated carbocycles. The molecule has 0 spiro atoms. The number of hydrogen-bond donors (Lipinski definition) is 0. The fraction of sp³-hybridized carbons (Fsp3) is 0.650. The average molecular weight is 384 g/mol. The monoisotopic (exact) mass is 383 g/mol. The van der Waals surface area contributed by atoms with Crippen LogP contribution in [0.15, 0.2) is 24.3 Å². The quantitative estimate of drug-likeness (QED) is 0.532. The number of hydrogen-bond acceptors (Lipinski definition) is 4. The maximum Gasteiger partial charge on any atom is 0.306 e. The number of carbonyl (C=O) groups excluding carboxylic acids is 1. The predicted molar refractivity (Wildman–Crippen MR) is 106 cm³/mol. The molecule has 0 heterocycles. The zero-order chi connectivity index (χ0) is 19.7. The van der Waals surface area contributed by atoms with Crippen molar-refractivity contribution in [3.8, 4) is 5.75 Å². The Kier molecular flexibility index (Phi) is 9.13. The van der Waals surface area contributed by atoms with Gasteiger partial charge in [-0.1, -0.05) is 45.7 Å². The van der Waals surface area contributed by atoms with E-state index in [2.05, 4.69) is 27.7 Å². The highest BCUT2D eigenvalue weighted by atomic mass is 32.2. The molecule has 26 heavy (non-hydrogen) atoms. The smallest absolute Gasteiger partial charge is 0.306 e. The first-order chi connectivity index (χ1) is 12.2. The lowest BCUT2D eigenvalue weighted by Crippen LogP contribution is -2.41. The van der Waals surface area contributed by atoms with Crippen LogP contribution >= 0.6 is 0 Å². The van der Waals surface area contributed by atoms with Gasteiger partial charge >= 0.3 is 10.1 Å². The molecule has 0 radical (unpaired) electrons. The van der Waals surface area contributed by atoms with Gasteiger partial charge in [-0.05, 0) is 43.9 Å². The van der Waals surface area contributed by atoms with Gasteiger partial charge in [-0.25, -0.2) is 0 Å². The average Bonchev–Trinajstić information content (AvgIpc) is 2.59. The minimum Gasteiger partial charge on any atom is -0.383 e. The molecule has 0 aromatic heterocycles. The molecule has 2 atom stereocenters. The molecule has 148 valence electrons. The summed E-state index contributed by atoms with van der Waals surface area (Å²) in [5.41, 5.74) is 0.963. The van der Waals surface area contributed by atoms with Crippen molar-refractivity contribution >= 4 is 16.0 Å². The second kappa shape index (κ2) is 10.6. The Morgan fingerprint density at radius 1 is 1.12 bits per heavy atom. The summed E-state index contributed by atoms with van der Waals surface area (Å²) in [5.74, 6) is 0.565. The van der Waals surface area contributed by atoms with Crippen molar-refractivity contribution in [1.29, 1.82) is 0 Å². The highest BCUT2D eigenvalue weighted by Gasteiger charge is 2.25. The summed E-state index contributed by atoms with van der Waals surface area (Å²) in [5, 5.41) is 0. The molecule has 5 nitrogen and oxygen atoms in total. The van der Waals surface area contributed by atoms with Crippen LogP contribution in [0, 0.1) is 5.92 Å². The largest absolute Gasteiger partial charge is 0.383 e. The summed E-state index contributed by atoms with van der Waals surface area (Å²) in [4.78, 5) is 15.0. The maximum atomic E-state index is 13.1. The zero-order valence-corrected chi connectivity index (χ0v) is 17.5. The van der Waals surface area contributed by atoms with Crippen LogP contribution in [0.4, 0.5) is 0 Å². The Morgan fingerprint density at radius 3 is 2.19 bits per heavy atom. The number of rotatable bonds is 11. The number of amides is 1. The molecule has 0 fully saturated rings. The van der Waals surface area contributed by atoms with Gasteiger partial charge in [-0.3, -0.25) is 4.79 Å². The molecule has 1 amide bonds. The first kappa shape index (κ1) is 22.5. The first-order valence-electron chi connectivity index (χ1n) is 9.50. The third-order valence-corrected chi connectivity index (χ3v) is 5.17. The van der Waals surface area contributed by atoms with Crippen molar-refractivity contribution in [1.82, 2.24) is 4.90 Å². The van der Waals surface area contributed by atoms with Gasteiger partial charge in [0, 0.05) is 18.5 Å². The van der Waals surface area contributed by atoms with Crippen molar-refractivity contribution in [2.75, 3.05) is 6.26 Å². The Labute approximate surface area is 158 Å². The van der Waals surface area contributed by atoms with E-state index >= 15 is 0 Å². The first-order valence-corrected chi connectivity index (χ1v) is 11.3. The van der Waals surface area contributed by atoms with Crippen LogP contribution in [-0.2, 0) is 21.5 Å². The van der Waals surface area contributed by atoms with Crippen molar-refractivity contribution < 1.29 is 17.4 Å². The van der Waals surface area contributed by atoms with Gasteiger partial charge in [-0.2, -0.15) is 8.42 Å². The Hall–Kier alpha value is -1.56. The molecule has 0 bridgehead atoms. The lowest BCUT2D eigenvalue weighted by Gasteiger charge is -2.32. The van der Waals surface area contributed by atoms with E-state index in [1.54, 1.807) is 12.1 Å². The van der Waals surface area contributed by atoms with Crippen molar-refractivity contribution in [3.05, 3.63) is 29.8 Å². The summed E-state index contributed by atoms with van der Waals surface area (Å²) in [7, 11) is -3.53.